The molecule has 0 radical (unpaired) electrons. The predicted octanol–water partition coefficient (Wildman–Crippen LogP) is 3.56. The molecule has 0 saturated carbocycles. The largest absolute Gasteiger partial charge is 0.356 e. The van der Waals surface area contributed by atoms with Crippen LogP contribution in [0.1, 0.15) is 61.3 Å². The van der Waals surface area contributed by atoms with E-state index in [2.05, 4.69) is 17.1 Å². The lowest BCUT2D eigenvalue weighted by Gasteiger charge is -2.32. The summed E-state index contributed by atoms with van der Waals surface area (Å²) in [6, 6.07) is 2.05. The van der Waals surface area contributed by atoms with Gasteiger partial charge in [-0.25, -0.2) is 8.42 Å². The molecule has 1 aromatic rings. The van der Waals surface area contributed by atoms with Crippen LogP contribution in [0.5, 0.6) is 0 Å². The molecule has 6 nitrogen and oxygen atoms in total. The van der Waals surface area contributed by atoms with Crippen LogP contribution < -0.4 is 5.32 Å². The van der Waals surface area contributed by atoms with Gasteiger partial charge in [0.2, 0.25) is 15.9 Å². The quantitative estimate of drug-likeness (QED) is 0.628. The van der Waals surface area contributed by atoms with Crippen LogP contribution in [0.15, 0.2) is 11.0 Å². The lowest BCUT2D eigenvalue weighted by Crippen LogP contribution is -2.43. The van der Waals surface area contributed by atoms with Crippen molar-refractivity contribution in [2.75, 3.05) is 39.3 Å². The number of benzene rings is 1. The molecule has 2 aliphatic rings. The van der Waals surface area contributed by atoms with Gasteiger partial charge in [0.25, 0.3) is 0 Å². The topological polar surface area (TPSA) is 69.7 Å². The molecule has 0 atom stereocenters. The number of likely N-dealkylation sites (tertiary alicyclic amines) is 1. The summed E-state index contributed by atoms with van der Waals surface area (Å²) in [6.45, 7) is 14.9. The van der Waals surface area contributed by atoms with Crippen LogP contribution in [0.4, 0.5) is 0 Å². The summed E-state index contributed by atoms with van der Waals surface area (Å²) in [5.74, 6) is 0.815. The standard InChI is InChI=1S/C25H41N3O3S/c1-18-7-13-27(14-8-18)12-6-11-26-25(29)23-9-15-28(16-10-23)32(30,31)24-21(4)19(2)17-20(3)22(24)5/h17-18,23H,6-16H2,1-5H3,(H,26,29). The van der Waals surface area contributed by atoms with Gasteiger partial charge in [-0.05, 0) is 108 Å². The van der Waals surface area contributed by atoms with Gasteiger partial charge >= 0.3 is 0 Å². The molecule has 0 spiro atoms. The second-order valence-electron chi connectivity index (χ2n) is 9.94. The Labute approximate surface area is 194 Å². The van der Waals surface area contributed by atoms with Gasteiger partial charge in [0.1, 0.15) is 0 Å². The number of nitrogens with one attached hydrogen (secondary N) is 1. The summed E-state index contributed by atoms with van der Waals surface area (Å²) in [5.41, 5.74) is 3.66. The lowest BCUT2D eigenvalue weighted by molar-refractivity contribution is -0.126. The van der Waals surface area contributed by atoms with Gasteiger partial charge < -0.3 is 10.2 Å². The van der Waals surface area contributed by atoms with E-state index in [0.717, 1.165) is 41.1 Å². The van der Waals surface area contributed by atoms with Gasteiger partial charge in [-0.1, -0.05) is 13.0 Å². The van der Waals surface area contributed by atoms with E-state index < -0.39 is 10.0 Å². The summed E-state index contributed by atoms with van der Waals surface area (Å²) in [7, 11) is -3.56. The van der Waals surface area contributed by atoms with Crippen molar-refractivity contribution >= 4 is 15.9 Å². The van der Waals surface area contributed by atoms with E-state index in [4.69, 9.17) is 0 Å². The van der Waals surface area contributed by atoms with Gasteiger partial charge in [0, 0.05) is 25.6 Å². The molecule has 2 fully saturated rings. The maximum atomic E-state index is 13.4. The van der Waals surface area contributed by atoms with Crippen LogP contribution in [0.25, 0.3) is 0 Å². The van der Waals surface area contributed by atoms with Gasteiger partial charge in [0.15, 0.2) is 0 Å². The van der Waals surface area contributed by atoms with Crippen molar-refractivity contribution in [1.29, 1.82) is 0 Å². The number of piperidine rings is 2. The molecule has 7 heteroatoms. The average molecular weight is 464 g/mol. The number of hydrogen-bond acceptors (Lipinski definition) is 4. The third-order valence-corrected chi connectivity index (χ3v) is 9.72. The van der Waals surface area contributed by atoms with Crippen molar-refractivity contribution in [2.45, 2.75) is 71.6 Å². The monoisotopic (exact) mass is 463 g/mol. The van der Waals surface area contributed by atoms with Crippen molar-refractivity contribution in [2.24, 2.45) is 11.8 Å². The van der Waals surface area contributed by atoms with Crippen LogP contribution >= 0.6 is 0 Å². The summed E-state index contributed by atoms with van der Waals surface area (Å²) in [4.78, 5) is 15.6. The maximum Gasteiger partial charge on any atom is 0.243 e. The van der Waals surface area contributed by atoms with E-state index in [1.54, 1.807) is 4.31 Å². The molecule has 1 aromatic carbocycles. The molecule has 0 unspecified atom stereocenters. The van der Waals surface area contributed by atoms with Gasteiger partial charge in [0.05, 0.1) is 4.90 Å². The third kappa shape index (κ3) is 5.72. The number of rotatable bonds is 7. The zero-order valence-corrected chi connectivity index (χ0v) is 21.4. The van der Waals surface area contributed by atoms with Crippen LogP contribution in [-0.4, -0.2) is 62.8 Å². The van der Waals surface area contributed by atoms with Gasteiger partial charge in [-0.2, -0.15) is 4.31 Å². The molecular weight excluding hydrogens is 422 g/mol. The Kier molecular flexibility index (Phi) is 8.39. The molecular formula is C25H41N3O3S. The first-order valence-corrected chi connectivity index (χ1v) is 13.6. The molecule has 0 aliphatic carbocycles. The first-order valence-electron chi connectivity index (χ1n) is 12.2. The summed E-state index contributed by atoms with van der Waals surface area (Å²) in [5, 5.41) is 3.09. The summed E-state index contributed by atoms with van der Waals surface area (Å²) in [6.07, 6.45) is 4.68. The smallest absolute Gasteiger partial charge is 0.243 e. The van der Waals surface area contributed by atoms with Crippen LogP contribution in [0, 0.1) is 39.5 Å². The fraction of sp³-hybridized carbons (Fsp3) is 0.720. The Hall–Kier alpha value is -1.44. The van der Waals surface area contributed by atoms with Crippen LogP contribution in [0.2, 0.25) is 0 Å². The lowest BCUT2D eigenvalue weighted by atomic mass is 9.97. The van der Waals surface area contributed by atoms with Gasteiger partial charge in [-0.15, -0.1) is 0 Å². The molecule has 0 aromatic heterocycles. The predicted molar refractivity (Wildman–Crippen MR) is 129 cm³/mol. The number of aryl methyl sites for hydroxylation is 2. The number of carbonyl (C=O) groups excluding carboxylic acids is 1. The van der Waals surface area contributed by atoms with E-state index in [-0.39, 0.29) is 11.8 Å². The number of amides is 1. The molecule has 2 heterocycles. The highest BCUT2D eigenvalue weighted by Gasteiger charge is 2.34. The Morgan fingerprint density at radius 2 is 1.53 bits per heavy atom. The van der Waals surface area contributed by atoms with Crippen LogP contribution in [-0.2, 0) is 14.8 Å². The molecule has 2 saturated heterocycles. The fourth-order valence-electron chi connectivity index (χ4n) is 5.00. The molecule has 3 rings (SSSR count). The van der Waals surface area contributed by atoms with Crippen molar-refractivity contribution in [3.05, 3.63) is 28.3 Å². The first kappa shape index (κ1) is 25.2. The normalized spacial score (nSPS) is 19.9. The van der Waals surface area contributed by atoms with Crippen LogP contribution in [0.3, 0.4) is 0 Å². The molecule has 2 aliphatic heterocycles. The molecule has 180 valence electrons. The van der Waals surface area contributed by atoms with Crippen molar-refractivity contribution in [3.63, 3.8) is 0 Å². The highest BCUT2D eigenvalue weighted by molar-refractivity contribution is 7.89. The van der Waals surface area contributed by atoms with Crippen molar-refractivity contribution < 1.29 is 13.2 Å². The second-order valence-corrected chi connectivity index (χ2v) is 11.8. The summed E-state index contributed by atoms with van der Waals surface area (Å²) < 4.78 is 28.4. The van der Waals surface area contributed by atoms with E-state index in [9.17, 15) is 13.2 Å². The highest BCUT2D eigenvalue weighted by atomic mass is 32.2. The first-order chi connectivity index (χ1) is 15.1. The molecule has 1 N–H and O–H groups in total. The van der Waals surface area contributed by atoms with Gasteiger partial charge in [-0.3, -0.25) is 4.79 Å². The summed E-state index contributed by atoms with van der Waals surface area (Å²) >= 11 is 0. The number of sulfonamides is 1. The Balaban J connectivity index is 1.49. The minimum atomic E-state index is -3.56. The minimum absolute atomic E-state index is 0.0769. The minimum Gasteiger partial charge on any atom is -0.356 e. The maximum absolute atomic E-state index is 13.4. The third-order valence-electron chi connectivity index (χ3n) is 7.55. The number of carbonyl (C=O) groups is 1. The molecule has 1 amide bonds. The number of nitrogens with zero attached hydrogens (tertiary/aromatic N) is 2. The zero-order chi connectivity index (χ0) is 23.5. The van der Waals surface area contributed by atoms with E-state index >= 15 is 0 Å². The van der Waals surface area contributed by atoms with E-state index in [0.29, 0.717) is 37.4 Å². The fourth-order valence-corrected chi connectivity index (χ4v) is 7.04. The molecule has 32 heavy (non-hydrogen) atoms. The average Bonchev–Trinajstić information content (AvgIpc) is 2.76. The van der Waals surface area contributed by atoms with Crippen molar-refractivity contribution in [3.8, 4) is 0 Å². The van der Waals surface area contributed by atoms with E-state index in [1.807, 2.05) is 33.8 Å². The Bertz CT molecular complexity index is 887. The van der Waals surface area contributed by atoms with E-state index in [1.165, 1.54) is 25.9 Å². The molecule has 0 bridgehead atoms. The Morgan fingerprint density at radius 3 is 2.09 bits per heavy atom. The number of hydrogen-bond donors (Lipinski definition) is 1. The van der Waals surface area contributed by atoms with Crippen molar-refractivity contribution in [1.82, 2.24) is 14.5 Å². The highest BCUT2D eigenvalue weighted by Crippen LogP contribution is 2.31. The zero-order valence-electron chi connectivity index (χ0n) is 20.5. The SMILES string of the molecule is Cc1cc(C)c(C)c(S(=O)(=O)N2CCC(C(=O)NCCCN3CCC(C)CC3)CC2)c1C. The Morgan fingerprint density at radius 1 is 0.969 bits per heavy atom. The second kappa shape index (κ2) is 10.7.